The first-order valence-electron chi connectivity index (χ1n) is 6.37. The molecule has 1 aliphatic rings. The normalized spacial score (nSPS) is 22.3. The number of nitrogens with one attached hydrogen (secondary N) is 1. The van der Waals surface area contributed by atoms with Crippen LogP contribution in [0.3, 0.4) is 0 Å². The van der Waals surface area contributed by atoms with Crippen molar-refractivity contribution < 1.29 is 9.90 Å². The summed E-state index contributed by atoms with van der Waals surface area (Å²) in [5.41, 5.74) is 1.07. The van der Waals surface area contributed by atoms with Gasteiger partial charge in [-0.2, -0.15) is 0 Å². The first-order chi connectivity index (χ1) is 8.90. The van der Waals surface area contributed by atoms with Gasteiger partial charge in [0.25, 0.3) is 0 Å². The molecule has 5 heteroatoms. The molecular formula is C14H19BrN2O2. The maximum Gasteiger partial charge on any atom is 0.304 e. The Kier molecular flexibility index (Phi) is 4.16. The number of anilines is 1. The van der Waals surface area contributed by atoms with Crippen molar-refractivity contribution in [3.05, 3.63) is 28.7 Å². The van der Waals surface area contributed by atoms with E-state index in [2.05, 4.69) is 46.1 Å². The molecule has 19 heavy (non-hydrogen) atoms. The second-order valence-corrected chi connectivity index (χ2v) is 6.40. The predicted octanol–water partition coefficient (Wildman–Crippen LogP) is 2.48. The summed E-state index contributed by atoms with van der Waals surface area (Å²) >= 11 is 3.58. The van der Waals surface area contributed by atoms with Gasteiger partial charge >= 0.3 is 5.97 Å². The molecule has 2 N–H and O–H groups in total. The number of aliphatic carboxylic acids is 1. The molecule has 0 saturated carbocycles. The van der Waals surface area contributed by atoms with Crippen LogP contribution in [0.15, 0.2) is 28.7 Å². The van der Waals surface area contributed by atoms with Crippen LogP contribution in [0.25, 0.3) is 0 Å². The van der Waals surface area contributed by atoms with Crippen molar-refractivity contribution in [3.63, 3.8) is 0 Å². The number of nitrogens with zero attached hydrogens (tertiary/aromatic N) is 1. The maximum absolute atomic E-state index is 10.9. The zero-order chi connectivity index (χ0) is 14.0. The summed E-state index contributed by atoms with van der Waals surface area (Å²) in [5, 5.41) is 12.3. The molecule has 0 bridgehead atoms. The van der Waals surface area contributed by atoms with E-state index in [-0.39, 0.29) is 18.0 Å². The second kappa shape index (κ2) is 5.51. The Hall–Kier alpha value is -1.07. The summed E-state index contributed by atoms with van der Waals surface area (Å²) in [4.78, 5) is 13.2. The Morgan fingerprint density at radius 2 is 2.21 bits per heavy atom. The minimum absolute atomic E-state index is 0.0161. The number of rotatable bonds is 3. The smallest absolute Gasteiger partial charge is 0.304 e. The third kappa shape index (κ3) is 3.28. The SMILES string of the molecule is CC1(C)CNC(CC(=O)O)CN1c1ccccc1Br. The molecule has 1 unspecified atom stereocenters. The number of carbonyl (C=O) groups is 1. The molecule has 104 valence electrons. The molecule has 0 radical (unpaired) electrons. The van der Waals surface area contributed by atoms with Gasteiger partial charge in [0.15, 0.2) is 0 Å². The van der Waals surface area contributed by atoms with E-state index in [0.29, 0.717) is 6.54 Å². The van der Waals surface area contributed by atoms with Crippen molar-refractivity contribution in [2.24, 2.45) is 0 Å². The molecule has 1 saturated heterocycles. The molecule has 2 rings (SSSR count). The highest BCUT2D eigenvalue weighted by Crippen LogP contribution is 2.33. The summed E-state index contributed by atoms with van der Waals surface area (Å²) in [6.07, 6.45) is 0.150. The summed E-state index contributed by atoms with van der Waals surface area (Å²) in [6.45, 7) is 5.79. The number of carboxylic acids is 1. The van der Waals surface area contributed by atoms with Gasteiger partial charge in [0.1, 0.15) is 0 Å². The fourth-order valence-electron chi connectivity index (χ4n) is 2.46. The lowest BCUT2D eigenvalue weighted by Gasteiger charge is -2.47. The van der Waals surface area contributed by atoms with E-state index in [1.54, 1.807) is 0 Å². The fraction of sp³-hybridized carbons (Fsp3) is 0.500. The number of hydrogen-bond acceptors (Lipinski definition) is 3. The number of halogens is 1. The van der Waals surface area contributed by atoms with Gasteiger partial charge in [0, 0.05) is 29.1 Å². The summed E-state index contributed by atoms with van der Waals surface area (Å²) in [7, 11) is 0. The van der Waals surface area contributed by atoms with Crippen molar-refractivity contribution >= 4 is 27.6 Å². The predicted molar refractivity (Wildman–Crippen MR) is 79.6 cm³/mol. The lowest BCUT2D eigenvalue weighted by Crippen LogP contribution is -2.62. The zero-order valence-corrected chi connectivity index (χ0v) is 12.8. The Labute approximate surface area is 121 Å². The van der Waals surface area contributed by atoms with E-state index >= 15 is 0 Å². The fourth-order valence-corrected chi connectivity index (χ4v) is 2.96. The molecule has 1 aromatic rings. The van der Waals surface area contributed by atoms with Gasteiger partial charge in [-0.05, 0) is 41.9 Å². The summed E-state index contributed by atoms with van der Waals surface area (Å²) in [5.74, 6) is -0.760. The second-order valence-electron chi connectivity index (χ2n) is 5.55. The van der Waals surface area contributed by atoms with Gasteiger partial charge in [-0.15, -0.1) is 0 Å². The first kappa shape index (κ1) is 14.3. The Morgan fingerprint density at radius 3 is 2.84 bits per heavy atom. The number of carboxylic acid groups (broad SMARTS) is 1. The van der Waals surface area contributed by atoms with Crippen LogP contribution in [-0.4, -0.2) is 35.7 Å². The van der Waals surface area contributed by atoms with E-state index < -0.39 is 5.97 Å². The van der Waals surface area contributed by atoms with E-state index in [0.717, 1.165) is 16.7 Å². The highest BCUT2D eigenvalue weighted by Gasteiger charge is 2.35. The van der Waals surface area contributed by atoms with E-state index in [1.165, 1.54) is 0 Å². The highest BCUT2D eigenvalue weighted by molar-refractivity contribution is 9.10. The molecule has 0 aromatic heterocycles. The van der Waals surface area contributed by atoms with Crippen LogP contribution in [0.1, 0.15) is 20.3 Å². The monoisotopic (exact) mass is 326 g/mol. The molecule has 0 aliphatic carbocycles. The van der Waals surface area contributed by atoms with Crippen LogP contribution in [-0.2, 0) is 4.79 Å². The van der Waals surface area contributed by atoms with Crippen LogP contribution in [0.5, 0.6) is 0 Å². The minimum atomic E-state index is -0.760. The Bertz CT molecular complexity index is 476. The van der Waals surface area contributed by atoms with Gasteiger partial charge in [-0.3, -0.25) is 4.79 Å². The van der Waals surface area contributed by atoms with Crippen LogP contribution in [0.4, 0.5) is 5.69 Å². The largest absolute Gasteiger partial charge is 0.481 e. The van der Waals surface area contributed by atoms with Gasteiger partial charge in [0.2, 0.25) is 0 Å². The number of benzene rings is 1. The molecule has 1 fully saturated rings. The molecule has 1 atom stereocenters. The quantitative estimate of drug-likeness (QED) is 0.896. The van der Waals surface area contributed by atoms with E-state index in [9.17, 15) is 4.79 Å². The lowest BCUT2D eigenvalue weighted by molar-refractivity contribution is -0.137. The number of piperazine rings is 1. The van der Waals surface area contributed by atoms with Gasteiger partial charge < -0.3 is 15.3 Å². The molecule has 1 heterocycles. The van der Waals surface area contributed by atoms with Crippen LogP contribution < -0.4 is 10.2 Å². The van der Waals surface area contributed by atoms with Crippen LogP contribution >= 0.6 is 15.9 Å². The average molecular weight is 327 g/mol. The van der Waals surface area contributed by atoms with Crippen molar-refractivity contribution in [2.75, 3.05) is 18.0 Å². The summed E-state index contributed by atoms with van der Waals surface area (Å²) in [6, 6.07) is 8.05. The molecular weight excluding hydrogens is 308 g/mol. The van der Waals surface area contributed by atoms with Gasteiger partial charge in [-0.25, -0.2) is 0 Å². The van der Waals surface area contributed by atoms with Crippen molar-refractivity contribution in [1.82, 2.24) is 5.32 Å². The third-order valence-corrected chi connectivity index (χ3v) is 4.19. The average Bonchev–Trinajstić information content (AvgIpc) is 2.32. The number of para-hydroxylation sites is 1. The molecule has 1 aliphatic heterocycles. The third-order valence-electron chi connectivity index (χ3n) is 3.52. The lowest BCUT2D eigenvalue weighted by atomic mass is 9.95. The summed E-state index contributed by atoms with van der Waals surface area (Å²) < 4.78 is 1.04. The van der Waals surface area contributed by atoms with Gasteiger partial charge in [0.05, 0.1) is 12.1 Å². The van der Waals surface area contributed by atoms with Crippen molar-refractivity contribution in [3.8, 4) is 0 Å². The van der Waals surface area contributed by atoms with Crippen molar-refractivity contribution in [2.45, 2.75) is 31.8 Å². The van der Waals surface area contributed by atoms with Crippen LogP contribution in [0, 0.1) is 0 Å². The molecule has 0 amide bonds. The minimum Gasteiger partial charge on any atom is -0.481 e. The Balaban J connectivity index is 2.24. The topological polar surface area (TPSA) is 52.6 Å². The van der Waals surface area contributed by atoms with E-state index in [1.807, 2.05) is 18.2 Å². The zero-order valence-electron chi connectivity index (χ0n) is 11.2. The molecule has 1 aromatic carbocycles. The first-order valence-corrected chi connectivity index (χ1v) is 7.17. The maximum atomic E-state index is 10.9. The number of hydrogen-bond donors (Lipinski definition) is 2. The van der Waals surface area contributed by atoms with E-state index in [4.69, 9.17) is 5.11 Å². The highest BCUT2D eigenvalue weighted by atomic mass is 79.9. The van der Waals surface area contributed by atoms with Crippen LogP contribution in [0.2, 0.25) is 0 Å². The molecule has 4 nitrogen and oxygen atoms in total. The Morgan fingerprint density at radius 1 is 1.53 bits per heavy atom. The van der Waals surface area contributed by atoms with Gasteiger partial charge in [-0.1, -0.05) is 12.1 Å². The van der Waals surface area contributed by atoms with Crippen molar-refractivity contribution in [1.29, 1.82) is 0 Å². The standard InChI is InChI=1S/C14H19BrN2O2/c1-14(2)9-16-10(7-13(18)19)8-17(14)12-6-4-3-5-11(12)15/h3-6,10,16H,7-9H2,1-2H3,(H,18,19). The molecule has 0 spiro atoms.